The quantitative estimate of drug-likeness (QED) is 0.609. The summed E-state index contributed by atoms with van der Waals surface area (Å²) in [7, 11) is -2.75. The molecule has 0 aliphatic carbocycles. The topological polar surface area (TPSA) is 132 Å². The van der Waals surface area contributed by atoms with Gasteiger partial charge in [0.15, 0.2) is 5.03 Å². The minimum atomic E-state index is -4.02. The molecule has 1 unspecified atom stereocenters. The van der Waals surface area contributed by atoms with Crippen LogP contribution in [0.15, 0.2) is 23.4 Å². The van der Waals surface area contributed by atoms with Crippen LogP contribution < -0.4 is 10.5 Å². The van der Waals surface area contributed by atoms with Crippen molar-refractivity contribution in [1.82, 2.24) is 9.71 Å². The highest BCUT2D eigenvalue weighted by atomic mass is 32.2. The molecule has 8 nitrogen and oxygen atoms in total. The van der Waals surface area contributed by atoms with Crippen molar-refractivity contribution in [2.45, 2.75) is 11.1 Å². The molecule has 9 heteroatoms. The molecule has 0 spiro atoms. The number of hydrogen-bond acceptors (Lipinski definition) is 6. The van der Waals surface area contributed by atoms with Gasteiger partial charge in [-0.2, -0.15) is 4.72 Å². The highest BCUT2D eigenvalue weighted by Crippen LogP contribution is 2.08. The van der Waals surface area contributed by atoms with Gasteiger partial charge in [-0.05, 0) is 12.1 Å². The number of anilines is 1. The molecular weight excluding hydrogens is 262 g/mol. The molecule has 1 rings (SSSR count). The molecule has 1 aromatic heterocycles. The Morgan fingerprint density at radius 2 is 2.28 bits per heavy atom. The van der Waals surface area contributed by atoms with Crippen LogP contribution in [0.4, 0.5) is 5.69 Å². The number of nitrogen functional groups attached to an aromatic ring is 1. The van der Waals surface area contributed by atoms with Crippen LogP contribution in [-0.2, 0) is 19.6 Å². The number of carboxylic acid groups (broad SMARTS) is 1. The van der Waals surface area contributed by atoms with Crippen LogP contribution in [0.3, 0.4) is 0 Å². The van der Waals surface area contributed by atoms with Gasteiger partial charge in [0, 0.05) is 7.11 Å². The predicted molar refractivity (Wildman–Crippen MR) is 62.3 cm³/mol. The van der Waals surface area contributed by atoms with E-state index in [9.17, 15) is 13.2 Å². The Bertz CT molecular complexity index is 514. The molecule has 0 bridgehead atoms. The third kappa shape index (κ3) is 3.65. The molecule has 4 N–H and O–H groups in total. The minimum Gasteiger partial charge on any atom is -0.480 e. The molecule has 18 heavy (non-hydrogen) atoms. The van der Waals surface area contributed by atoms with Crippen molar-refractivity contribution in [1.29, 1.82) is 0 Å². The molecule has 0 aliphatic heterocycles. The van der Waals surface area contributed by atoms with Crippen LogP contribution in [0.1, 0.15) is 0 Å². The molecule has 1 aromatic rings. The second-order valence-corrected chi connectivity index (χ2v) is 5.06. The van der Waals surface area contributed by atoms with Crippen molar-refractivity contribution >= 4 is 21.7 Å². The lowest BCUT2D eigenvalue weighted by atomic mass is 10.3. The summed E-state index contributed by atoms with van der Waals surface area (Å²) in [5.41, 5.74) is 5.68. The van der Waals surface area contributed by atoms with Gasteiger partial charge in [-0.15, -0.1) is 0 Å². The lowest BCUT2D eigenvalue weighted by Crippen LogP contribution is -2.43. The van der Waals surface area contributed by atoms with Crippen molar-refractivity contribution in [3.8, 4) is 0 Å². The summed E-state index contributed by atoms with van der Waals surface area (Å²) in [5, 5.41) is 8.50. The Labute approximate surface area is 104 Å². The number of aliphatic carboxylic acids is 1. The van der Waals surface area contributed by atoms with Gasteiger partial charge >= 0.3 is 5.97 Å². The lowest BCUT2D eigenvalue weighted by molar-refractivity contribution is -0.140. The number of pyridine rings is 1. The van der Waals surface area contributed by atoms with Crippen LogP contribution in [0, 0.1) is 0 Å². The maximum absolute atomic E-state index is 11.8. The van der Waals surface area contributed by atoms with Gasteiger partial charge in [0.1, 0.15) is 6.04 Å². The number of nitrogens with zero attached hydrogens (tertiary/aromatic N) is 1. The minimum absolute atomic E-state index is 0.288. The highest BCUT2D eigenvalue weighted by Gasteiger charge is 2.26. The zero-order valence-electron chi connectivity index (χ0n) is 9.53. The number of methoxy groups -OCH3 is 1. The monoisotopic (exact) mass is 275 g/mol. The summed E-state index contributed by atoms with van der Waals surface area (Å²) in [6, 6.07) is 1.16. The van der Waals surface area contributed by atoms with Crippen LogP contribution >= 0.6 is 0 Å². The fourth-order valence-corrected chi connectivity index (χ4v) is 2.22. The average molecular weight is 275 g/mol. The first-order valence-electron chi connectivity index (χ1n) is 4.82. The number of carboxylic acids is 1. The SMILES string of the molecule is COCC(NS(=O)(=O)c1ccc(N)cn1)C(=O)O. The van der Waals surface area contributed by atoms with Gasteiger partial charge in [-0.3, -0.25) is 4.79 Å². The number of carbonyl (C=O) groups is 1. The molecule has 0 amide bonds. The number of sulfonamides is 1. The number of nitrogens with two attached hydrogens (primary N) is 1. The molecule has 0 aromatic carbocycles. The molecule has 0 aliphatic rings. The molecule has 1 atom stereocenters. The summed E-state index contributed by atoms with van der Waals surface area (Å²) in [6.07, 6.45) is 1.17. The normalized spacial score (nSPS) is 13.2. The zero-order chi connectivity index (χ0) is 13.8. The van der Waals surface area contributed by atoms with Crippen LogP contribution in [0.2, 0.25) is 0 Å². The van der Waals surface area contributed by atoms with Crippen LogP contribution in [0.25, 0.3) is 0 Å². The Morgan fingerprint density at radius 1 is 1.61 bits per heavy atom. The highest BCUT2D eigenvalue weighted by molar-refractivity contribution is 7.89. The standard InChI is InChI=1S/C9H13N3O5S/c1-17-5-7(9(13)14)12-18(15,16)8-3-2-6(10)4-11-8/h2-4,7,12H,5,10H2,1H3,(H,13,14). The average Bonchev–Trinajstić information content (AvgIpc) is 2.28. The van der Waals surface area contributed by atoms with Crippen molar-refractivity contribution < 1.29 is 23.1 Å². The Morgan fingerprint density at radius 3 is 2.72 bits per heavy atom. The maximum Gasteiger partial charge on any atom is 0.324 e. The Hall–Kier alpha value is -1.71. The molecule has 0 fully saturated rings. The Kier molecular flexibility index (Phi) is 4.59. The first-order chi connectivity index (χ1) is 8.36. The molecular formula is C9H13N3O5S. The van der Waals surface area contributed by atoms with Crippen molar-refractivity contribution in [3.05, 3.63) is 18.3 Å². The van der Waals surface area contributed by atoms with E-state index < -0.39 is 22.0 Å². The smallest absolute Gasteiger partial charge is 0.324 e. The molecule has 1 heterocycles. The fraction of sp³-hybridized carbons (Fsp3) is 0.333. The van der Waals surface area contributed by atoms with Crippen molar-refractivity contribution in [3.63, 3.8) is 0 Å². The van der Waals surface area contributed by atoms with E-state index in [-0.39, 0.29) is 11.6 Å². The number of nitrogens with one attached hydrogen (secondary N) is 1. The van der Waals surface area contributed by atoms with Crippen LogP contribution in [0.5, 0.6) is 0 Å². The summed E-state index contributed by atoms with van der Waals surface area (Å²) >= 11 is 0. The molecule has 0 saturated heterocycles. The second kappa shape index (κ2) is 5.76. The van der Waals surface area contributed by atoms with Gasteiger partial charge in [0.25, 0.3) is 10.0 Å². The predicted octanol–water partition coefficient (Wildman–Crippen LogP) is -0.958. The van der Waals surface area contributed by atoms with Crippen LogP contribution in [-0.4, -0.2) is 44.2 Å². The van der Waals surface area contributed by atoms with Gasteiger partial charge < -0.3 is 15.6 Å². The summed E-state index contributed by atoms with van der Waals surface area (Å²) in [4.78, 5) is 14.4. The summed E-state index contributed by atoms with van der Waals surface area (Å²) in [5.74, 6) is -1.34. The Balaban J connectivity index is 2.93. The van der Waals surface area contributed by atoms with E-state index in [1.807, 2.05) is 4.72 Å². The second-order valence-electron chi connectivity index (χ2n) is 3.40. The van der Waals surface area contributed by atoms with E-state index in [1.165, 1.54) is 25.4 Å². The first kappa shape index (κ1) is 14.4. The summed E-state index contributed by atoms with van der Waals surface area (Å²) in [6.45, 7) is -0.288. The fourth-order valence-electron chi connectivity index (χ4n) is 1.12. The number of aromatic nitrogens is 1. The maximum atomic E-state index is 11.8. The lowest BCUT2D eigenvalue weighted by Gasteiger charge is -2.13. The van der Waals surface area contributed by atoms with E-state index >= 15 is 0 Å². The molecule has 0 saturated carbocycles. The van der Waals surface area contributed by atoms with Crippen molar-refractivity contribution in [2.24, 2.45) is 0 Å². The largest absolute Gasteiger partial charge is 0.480 e. The van der Waals surface area contributed by atoms with E-state index in [0.717, 1.165) is 0 Å². The zero-order valence-corrected chi connectivity index (χ0v) is 10.3. The van der Waals surface area contributed by atoms with E-state index in [2.05, 4.69) is 9.72 Å². The van der Waals surface area contributed by atoms with E-state index in [1.54, 1.807) is 0 Å². The van der Waals surface area contributed by atoms with Gasteiger partial charge in [-0.25, -0.2) is 13.4 Å². The van der Waals surface area contributed by atoms with E-state index in [4.69, 9.17) is 10.8 Å². The number of hydrogen-bond donors (Lipinski definition) is 3. The third-order valence-corrected chi connectivity index (χ3v) is 3.35. The number of rotatable bonds is 6. The molecule has 100 valence electrons. The van der Waals surface area contributed by atoms with Gasteiger partial charge in [-0.1, -0.05) is 0 Å². The third-order valence-electron chi connectivity index (χ3n) is 1.96. The van der Waals surface area contributed by atoms with Gasteiger partial charge in [0.05, 0.1) is 18.5 Å². The number of ether oxygens (including phenoxy) is 1. The summed E-state index contributed by atoms with van der Waals surface area (Å²) < 4.78 is 30.2. The van der Waals surface area contributed by atoms with Crippen molar-refractivity contribution in [2.75, 3.05) is 19.5 Å². The van der Waals surface area contributed by atoms with E-state index in [0.29, 0.717) is 5.69 Å². The van der Waals surface area contributed by atoms with Gasteiger partial charge in [0.2, 0.25) is 0 Å². The molecule has 0 radical (unpaired) electrons. The first-order valence-corrected chi connectivity index (χ1v) is 6.30.